The zero-order chi connectivity index (χ0) is 18.2. The fourth-order valence-electron chi connectivity index (χ4n) is 2.83. The minimum absolute atomic E-state index is 0.138. The van der Waals surface area contributed by atoms with Crippen LogP contribution in [0.15, 0.2) is 42.5 Å². The number of morpholine rings is 1. The van der Waals surface area contributed by atoms with Gasteiger partial charge in [0.2, 0.25) is 0 Å². The normalized spacial score (nSPS) is 14.8. The molecule has 3 rings (SSSR count). The lowest BCUT2D eigenvalue weighted by molar-refractivity contribution is 0.0398. The van der Waals surface area contributed by atoms with Crippen LogP contribution in [-0.4, -0.2) is 72.3 Å². The number of ether oxygens (including phenoxy) is 1. The lowest BCUT2D eigenvalue weighted by atomic mass is 10.2. The van der Waals surface area contributed by atoms with Gasteiger partial charge in [-0.15, -0.1) is 10.2 Å². The topological polar surface area (TPSA) is 70.6 Å². The minimum Gasteiger partial charge on any atom is -0.379 e. The van der Waals surface area contributed by atoms with Crippen molar-refractivity contribution in [1.82, 2.24) is 20.0 Å². The molecule has 26 heavy (non-hydrogen) atoms. The van der Waals surface area contributed by atoms with E-state index in [-0.39, 0.29) is 5.91 Å². The van der Waals surface area contributed by atoms with Crippen LogP contribution in [-0.2, 0) is 11.3 Å². The highest BCUT2D eigenvalue weighted by Gasteiger charge is 2.14. The lowest BCUT2D eigenvalue weighted by Gasteiger charge is -2.26. The Morgan fingerprint density at radius 2 is 1.92 bits per heavy atom. The maximum atomic E-state index is 12.5. The van der Waals surface area contributed by atoms with E-state index in [0.717, 1.165) is 45.0 Å². The summed E-state index contributed by atoms with van der Waals surface area (Å²) in [4.78, 5) is 16.5. The quantitative estimate of drug-likeness (QED) is 0.812. The summed E-state index contributed by atoms with van der Waals surface area (Å²) < 4.78 is 5.34. The van der Waals surface area contributed by atoms with Crippen LogP contribution in [0.1, 0.15) is 16.1 Å². The first kappa shape index (κ1) is 18.3. The Balaban J connectivity index is 1.47. The van der Waals surface area contributed by atoms with Gasteiger partial charge in [0, 0.05) is 39.8 Å². The van der Waals surface area contributed by atoms with Crippen LogP contribution in [0, 0.1) is 0 Å². The van der Waals surface area contributed by atoms with Gasteiger partial charge in [-0.25, -0.2) is 0 Å². The van der Waals surface area contributed by atoms with Gasteiger partial charge in [-0.2, -0.15) is 0 Å². The molecule has 1 aromatic carbocycles. The molecular formula is C19H25N5O2. The summed E-state index contributed by atoms with van der Waals surface area (Å²) in [6.45, 7) is 5.80. The molecule has 1 amide bonds. The highest BCUT2D eigenvalue weighted by atomic mass is 16.5. The number of carbonyl (C=O) groups excluding carboxylic acids is 1. The van der Waals surface area contributed by atoms with Gasteiger partial charge >= 0.3 is 0 Å². The second-order valence-electron chi connectivity index (χ2n) is 6.33. The van der Waals surface area contributed by atoms with Gasteiger partial charge in [-0.1, -0.05) is 30.3 Å². The summed E-state index contributed by atoms with van der Waals surface area (Å²) in [5.74, 6) is 0.543. The van der Waals surface area contributed by atoms with Gasteiger partial charge in [-0.05, 0) is 17.7 Å². The van der Waals surface area contributed by atoms with Crippen LogP contribution in [0.3, 0.4) is 0 Å². The van der Waals surface area contributed by atoms with Gasteiger partial charge in [0.15, 0.2) is 5.69 Å². The fourth-order valence-corrected chi connectivity index (χ4v) is 2.83. The zero-order valence-electron chi connectivity index (χ0n) is 15.1. The van der Waals surface area contributed by atoms with Gasteiger partial charge < -0.3 is 15.0 Å². The van der Waals surface area contributed by atoms with E-state index < -0.39 is 0 Å². The Bertz CT molecular complexity index is 687. The Morgan fingerprint density at radius 3 is 2.62 bits per heavy atom. The maximum Gasteiger partial charge on any atom is 0.274 e. The lowest BCUT2D eigenvalue weighted by Crippen LogP contribution is -2.39. The molecule has 2 heterocycles. The van der Waals surface area contributed by atoms with Gasteiger partial charge in [-0.3, -0.25) is 9.69 Å². The molecule has 0 aliphatic carbocycles. The number of aromatic nitrogens is 2. The average molecular weight is 355 g/mol. The fraction of sp³-hybridized carbons (Fsp3) is 0.421. The molecule has 1 aromatic heterocycles. The Labute approximate surface area is 154 Å². The first-order chi connectivity index (χ1) is 12.7. The van der Waals surface area contributed by atoms with E-state index in [0.29, 0.717) is 18.1 Å². The van der Waals surface area contributed by atoms with Crippen molar-refractivity contribution in [2.24, 2.45) is 0 Å². The smallest absolute Gasteiger partial charge is 0.274 e. The van der Waals surface area contributed by atoms with E-state index in [4.69, 9.17) is 4.74 Å². The molecular weight excluding hydrogens is 330 g/mol. The van der Waals surface area contributed by atoms with E-state index in [9.17, 15) is 4.79 Å². The molecule has 1 aliphatic rings. The summed E-state index contributed by atoms with van der Waals surface area (Å²) >= 11 is 0. The van der Waals surface area contributed by atoms with Crippen LogP contribution in [0.5, 0.6) is 0 Å². The molecule has 0 radical (unpaired) electrons. The number of nitrogens with zero attached hydrogens (tertiary/aromatic N) is 4. The van der Waals surface area contributed by atoms with E-state index in [1.165, 1.54) is 0 Å². The zero-order valence-corrected chi connectivity index (χ0v) is 15.1. The Kier molecular flexibility index (Phi) is 6.51. The Hall–Kier alpha value is -2.51. The van der Waals surface area contributed by atoms with Gasteiger partial charge in [0.25, 0.3) is 5.91 Å². The van der Waals surface area contributed by atoms with Crippen molar-refractivity contribution in [3.05, 3.63) is 53.7 Å². The first-order valence-electron chi connectivity index (χ1n) is 8.89. The van der Waals surface area contributed by atoms with Crippen molar-refractivity contribution in [3.63, 3.8) is 0 Å². The molecule has 2 aromatic rings. The van der Waals surface area contributed by atoms with Crippen molar-refractivity contribution >= 4 is 11.7 Å². The molecule has 1 saturated heterocycles. The van der Waals surface area contributed by atoms with Gasteiger partial charge in [0.1, 0.15) is 5.82 Å². The number of amides is 1. The van der Waals surface area contributed by atoms with Crippen molar-refractivity contribution in [1.29, 1.82) is 0 Å². The minimum atomic E-state index is -0.138. The number of rotatable bonds is 7. The first-order valence-corrected chi connectivity index (χ1v) is 8.89. The van der Waals surface area contributed by atoms with E-state index in [2.05, 4.69) is 20.4 Å². The predicted molar refractivity (Wildman–Crippen MR) is 100 cm³/mol. The number of benzene rings is 1. The monoisotopic (exact) mass is 355 g/mol. The van der Waals surface area contributed by atoms with Crippen LogP contribution in [0.2, 0.25) is 0 Å². The maximum absolute atomic E-state index is 12.5. The van der Waals surface area contributed by atoms with Crippen molar-refractivity contribution in [2.75, 3.05) is 51.8 Å². The average Bonchev–Trinajstić information content (AvgIpc) is 2.69. The second kappa shape index (κ2) is 9.26. The number of nitrogens with one attached hydrogen (secondary N) is 1. The standard InChI is InChI=1S/C19H25N5O2/c1-23(15-16-5-3-2-4-6-16)19(25)17-7-8-18(22-21-17)20-9-10-24-11-13-26-14-12-24/h2-8H,9-15H2,1H3,(H,20,22). The summed E-state index contributed by atoms with van der Waals surface area (Å²) in [6.07, 6.45) is 0. The van der Waals surface area contributed by atoms with E-state index in [1.807, 2.05) is 30.3 Å². The summed E-state index contributed by atoms with van der Waals surface area (Å²) in [5, 5.41) is 11.4. The number of anilines is 1. The van der Waals surface area contributed by atoms with Crippen molar-refractivity contribution in [2.45, 2.75) is 6.54 Å². The highest BCUT2D eigenvalue weighted by molar-refractivity contribution is 5.92. The molecule has 0 unspecified atom stereocenters. The molecule has 7 heteroatoms. The summed E-state index contributed by atoms with van der Waals surface area (Å²) in [6, 6.07) is 13.4. The van der Waals surface area contributed by atoms with Crippen LogP contribution in [0.4, 0.5) is 5.82 Å². The van der Waals surface area contributed by atoms with E-state index in [1.54, 1.807) is 24.1 Å². The van der Waals surface area contributed by atoms with Gasteiger partial charge in [0.05, 0.1) is 13.2 Å². The predicted octanol–water partition coefficient (Wildman–Crippen LogP) is 1.49. The SMILES string of the molecule is CN(Cc1ccccc1)C(=O)c1ccc(NCCN2CCOCC2)nn1. The molecule has 138 valence electrons. The number of hydrogen-bond acceptors (Lipinski definition) is 6. The van der Waals surface area contributed by atoms with E-state index >= 15 is 0 Å². The number of carbonyl (C=O) groups is 1. The Morgan fingerprint density at radius 1 is 1.15 bits per heavy atom. The summed E-state index contributed by atoms with van der Waals surface area (Å²) in [7, 11) is 1.77. The van der Waals surface area contributed by atoms with Crippen molar-refractivity contribution < 1.29 is 9.53 Å². The van der Waals surface area contributed by atoms with Crippen LogP contribution >= 0.6 is 0 Å². The molecule has 1 aliphatic heterocycles. The molecule has 1 N–H and O–H groups in total. The molecule has 0 saturated carbocycles. The van der Waals surface area contributed by atoms with Crippen LogP contribution in [0.25, 0.3) is 0 Å². The number of hydrogen-bond donors (Lipinski definition) is 1. The van der Waals surface area contributed by atoms with Crippen LogP contribution < -0.4 is 5.32 Å². The second-order valence-corrected chi connectivity index (χ2v) is 6.33. The van der Waals surface area contributed by atoms with Crippen molar-refractivity contribution in [3.8, 4) is 0 Å². The molecule has 0 atom stereocenters. The third-order valence-electron chi connectivity index (χ3n) is 4.33. The molecule has 1 fully saturated rings. The summed E-state index contributed by atoms with van der Waals surface area (Å²) in [5.41, 5.74) is 1.43. The largest absolute Gasteiger partial charge is 0.379 e. The highest BCUT2D eigenvalue weighted by Crippen LogP contribution is 2.08. The molecule has 7 nitrogen and oxygen atoms in total. The third kappa shape index (κ3) is 5.24. The molecule has 0 bridgehead atoms. The molecule has 0 spiro atoms. The third-order valence-corrected chi connectivity index (χ3v) is 4.33.